The van der Waals surface area contributed by atoms with E-state index in [1.165, 1.54) is 16.7 Å². The average molecular weight is 740 g/mol. The minimum Gasteiger partial charge on any atom is -0.448 e. The van der Waals surface area contributed by atoms with Crippen LogP contribution >= 0.6 is 34.4 Å². The number of fused-ring (bicyclic) bond motifs is 1. The third-order valence-corrected chi connectivity index (χ3v) is 9.45. The summed E-state index contributed by atoms with van der Waals surface area (Å²) in [5.41, 5.74) is 2.38. The highest BCUT2D eigenvalue weighted by Crippen LogP contribution is 2.42. The van der Waals surface area contributed by atoms with Gasteiger partial charge in [-0.05, 0) is 43.0 Å². The maximum Gasteiger partial charge on any atom is 0.408 e. The Kier molecular flexibility index (Phi) is 10.2. The molecule has 2 aliphatic rings. The zero-order chi connectivity index (χ0) is 32.1. The number of alkyl halides is 1. The molecule has 2 N–H and O–H groups in total. The molecule has 0 aromatic heterocycles. The first kappa shape index (κ1) is 32.6. The van der Waals surface area contributed by atoms with Crippen molar-refractivity contribution in [1.29, 1.82) is 0 Å². The Morgan fingerprint density at radius 1 is 0.911 bits per heavy atom. The minimum absolute atomic E-state index is 0.215. The molecule has 11 heteroatoms. The van der Waals surface area contributed by atoms with E-state index < -0.39 is 53.0 Å². The van der Waals surface area contributed by atoms with Crippen molar-refractivity contribution >= 4 is 58.2 Å². The van der Waals surface area contributed by atoms with Crippen molar-refractivity contribution in [3.63, 3.8) is 0 Å². The zero-order valence-electron chi connectivity index (χ0n) is 25.1. The van der Waals surface area contributed by atoms with E-state index in [9.17, 15) is 19.2 Å². The van der Waals surface area contributed by atoms with Crippen molar-refractivity contribution in [2.45, 2.75) is 49.9 Å². The summed E-state index contributed by atoms with van der Waals surface area (Å²) in [4.78, 5) is 55.2. The number of benzene rings is 3. The molecule has 3 amide bonds. The standard InChI is InChI=1S/C34H34IN3O6S/c1-34(2,3)44-33(42)37-25(21-13-7-4-8-14-21)29(39)36-26-30(40)38-27(24(19-35)20-45-31(26)38)32(41)43-28(22-15-9-5-10-16-22)23-17-11-6-12-18-23/h4-18,25-26,28,31H,19-20H2,1-3H3,(H,36,39)(H,37,42)/t25-,26?,31-/m1/s1. The van der Waals surface area contributed by atoms with Gasteiger partial charge in [0.2, 0.25) is 5.91 Å². The van der Waals surface area contributed by atoms with Gasteiger partial charge in [-0.25, -0.2) is 9.59 Å². The number of nitrogens with zero attached hydrogens (tertiary/aromatic N) is 1. The van der Waals surface area contributed by atoms with Crippen LogP contribution in [0.15, 0.2) is 102 Å². The van der Waals surface area contributed by atoms with Crippen LogP contribution < -0.4 is 10.6 Å². The molecule has 9 nitrogen and oxygen atoms in total. The number of carbonyl (C=O) groups is 4. The Hall–Kier alpha value is -3.84. The summed E-state index contributed by atoms with van der Waals surface area (Å²) in [6.07, 6.45) is -1.43. The molecule has 0 spiro atoms. The van der Waals surface area contributed by atoms with Gasteiger partial charge in [0.05, 0.1) is 0 Å². The summed E-state index contributed by atoms with van der Waals surface area (Å²) in [5.74, 6) is -1.09. The number of β-lactam (4-membered cyclic amide) rings is 1. The van der Waals surface area contributed by atoms with Gasteiger partial charge in [-0.3, -0.25) is 14.5 Å². The van der Waals surface area contributed by atoms with Gasteiger partial charge >= 0.3 is 12.1 Å². The second-order valence-corrected chi connectivity index (χ2v) is 13.4. The van der Waals surface area contributed by atoms with E-state index in [0.717, 1.165) is 16.7 Å². The normalized spacial score (nSPS) is 18.4. The molecule has 3 aromatic rings. The van der Waals surface area contributed by atoms with Crippen LogP contribution in [0.3, 0.4) is 0 Å². The maximum atomic E-state index is 13.9. The fraction of sp³-hybridized carbons (Fsp3) is 0.294. The monoisotopic (exact) mass is 739 g/mol. The quantitative estimate of drug-likeness (QED) is 0.126. The van der Waals surface area contributed by atoms with Crippen molar-refractivity contribution in [2.24, 2.45) is 0 Å². The van der Waals surface area contributed by atoms with E-state index in [1.807, 2.05) is 60.7 Å². The first-order chi connectivity index (χ1) is 21.6. The van der Waals surface area contributed by atoms with Gasteiger partial charge in [-0.1, -0.05) is 114 Å². The van der Waals surface area contributed by atoms with Crippen molar-refractivity contribution in [3.8, 4) is 0 Å². The van der Waals surface area contributed by atoms with Crippen LogP contribution in [-0.4, -0.2) is 56.0 Å². The lowest BCUT2D eigenvalue weighted by Gasteiger charge is -2.50. The number of hydrogen-bond acceptors (Lipinski definition) is 7. The van der Waals surface area contributed by atoms with Crippen molar-refractivity contribution in [3.05, 3.63) is 119 Å². The predicted molar refractivity (Wildman–Crippen MR) is 180 cm³/mol. The highest BCUT2D eigenvalue weighted by molar-refractivity contribution is 14.1. The highest BCUT2D eigenvalue weighted by atomic mass is 127. The predicted octanol–water partition coefficient (Wildman–Crippen LogP) is 5.67. The van der Waals surface area contributed by atoms with Gasteiger partial charge in [-0.15, -0.1) is 11.8 Å². The van der Waals surface area contributed by atoms with Crippen LogP contribution in [0.2, 0.25) is 0 Å². The average Bonchev–Trinajstić information content (AvgIpc) is 3.04. The Morgan fingerprint density at radius 3 is 1.96 bits per heavy atom. The minimum atomic E-state index is -1.10. The van der Waals surface area contributed by atoms with Crippen LogP contribution in [-0.2, 0) is 23.9 Å². The van der Waals surface area contributed by atoms with Gasteiger partial charge in [-0.2, -0.15) is 0 Å². The first-order valence-corrected chi connectivity index (χ1v) is 17.0. The molecule has 2 heterocycles. The summed E-state index contributed by atoms with van der Waals surface area (Å²) in [6.45, 7) is 5.19. The van der Waals surface area contributed by atoms with Crippen LogP contribution in [0, 0.1) is 0 Å². The molecule has 1 saturated heterocycles. The lowest BCUT2D eigenvalue weighted by Crippen LogP contribution is -2.71. The van der Waals surface area contributed by atoms with Gasteiger partial charge in [0, 0.05) is 10.2 Å². The number of ether oxygens (including phenoxy) is 2. The Bertz CT molecular complexity index is 1540. The van der Waals surface area contributed by atoms with Crippen LogP contribution in [0.25, 0.3) is 0 Å². The molecular formula is C34H34IN3O6S. The van der Waals surface area contributed by atoms with Crippen LogP contribution in [0.5, 0.6) is 0 Å². The number of esters is 1. The number of alkyl carbamates (subject to hydrolysis) is 1. The summed E-state index contributed by atoms with van der Waals surface area (Å²) in [7, 11) is 0. The number of hydrogen-bond donors (Lipinski definition) is 2. The van der Waals surface area contributed by atoms with E-state index in [0.29, 0.717) is 15.7 Å². The molecule has 1 fully saturated rings. The molecule has 234 valence electrons. The molecule has 45 heavy (non-hydrogen) atoms. The van der Waals surface area contributed by atoms with E-state index >= 15 is 0 Å². The molecule has 0 bridgehead atoms. The topological polar surface area (TPSA) is 114 Å². The fourth-order valence-electron chi connectivity index (χ4n) is 5.13. The van der Waals surface area contributed by atoms with Gasteiger partial charge in [0.25, 0.3) is 5.91 Å². The van der Waals surface area contributed by atoms with Gasteiger partial charge in [0.15, 0.2) is 6.10 Å². The van der Waals surface area contributed by atoms with Crippen molar-refractivity contribution in [1.82, 2.24) is 15.5 Å². The zero-order valence-corrected chi connectivity index (χ0v) is 28.0. The van der Waals surface area contributed by atoms with Gasteiger partial charge in [0.1, 0.15) is 28.8 Å². The number of nitrogens with one attached hydrogen (secondary N) is 2. The fourth-order valence-corrected chi connectivity index (χ4v) is 7.47. The van der Waals surface area contributed by atoms with E-state index in [1.54, 1.807) is 51.1 Å². The summed E-state index contributed by atoms with van der Waals surface area (Å²) in [5, 5.41) is 4.94. The Labute approximate surface area is 280 Å². The Morgan fingerprint density at radius 2 is 1.44 bits per heavy atom. The molecule has 0 saturated carbocycles. The Balaban J connectivity index is 1.35. The summed E-state index contributed by atoms with van der Waals surface area (Å²) in [6, 6.07) is 25.7. The van der Waals surface area contributed by atoms with Crippen molar-refractivity contribution in [2.75, 3.05) is 10.2 Å². The summed E-state index contributed by atoms with van der Waals surface area (Å²) < 4.78 is 12.1. The molecule has 2 aliphatic heterocycles. The molecular weight excluding hydrogens is 705 g/mol. The third kappa shape index (κ3) is 7.52. The SMILES string of the molecule is CC(C)(C)OC(=O)N[C@@H](C(=O)NC1C(=O)N2C(C(=O)OC(c3ccccc3)c3ccccc3)=C(CI)CS[C@H]12)c1ccccc1. The lowest BCUT2D eigenvalue weighted by atomic mass is 10.00. The van der Waals surface area contributed by atoms with Crippen LogP contribution in [0.4, 0.5) is 4.79 Å². The number of rotatable bonds is 9. The van der Waals surface area contributed by atoms with E-state index in [-0.39, 0.29) is 5.70 Å². The first-order valence-electron chi connectivity index (χ1n) is 14.5. The molecule has 0 radical (unpaired) electrons. The van der Waals surface area contributed by atoms with E-state index in [2.05, 4.69) is 33.2 Å². The summed E-state index contributed by atoms with van der Waals surface area (Å²) >= 11 is 3.65. The smallest absolute Gasteiger partial charge is 0.408 e. The van der Waals surface area contributed by atoms with Crippen LogP contribution in [0.1, 0.15) is 49.6 Å². The maximum absolute atomic E-state index is 13.9. The van der Waals surface area contributed by atoms with Crippen molar-refractivity contribution < 1.29 is 28.7 Å². The molecule has 1 unspecified atom stereocenters. The largest absolute Gasteiger partial charge is 0.448 e. The highest BCUT2D eigenvalue weighted by Gasteiger charge is 2.55. The molecule has 5 rings (SSSR count). The molecule has 3 aromatic carbocycles. The number of amides is 3. The molecule has 0 aliphatic carbocycles. The number of halogens is 1. The van der Waals surface area contributed by atoms with Gasteiger partial charge < -0.3 is 20.1 Å². The number of carbonyl (C=O) groups excluding carboxylic acids is 4. The van der Waals surface area contributed by atoms with E-state index in [4.69, 9.17) is 9.47 Å². The third-order valence-electron chi connectivity index (χ3n) is 7.19. The second kappa shape index (κ2) is 14.1. The molecule has 3 atom stereocenters. The lowest BCUT2D eigenvalue weighted by molar-refractivity contribution is -0.154. The second-order valence-electron chi connectivity index (χ2n) is 11.6. The number of thioether (sulfide) groups is 1.